The van der Waals surface area contributed by atoms with Gasteiger partial charge in [-0.25, -0.2) is 0 Å². The van der Waals surface area contributed by atoms with Crippen LogP contribution in [-0.2, 0) is 4.79 Å². The molecule has 0 aromatic carbocycles. The van der Waals surface area contributed by atoms with Gasteiger partial charge in [-0.15, -0.1) is 0 Å². The maximum Gasteiger partial charge on any atom is 0.270 e. The summed E-state index contributed by atoms with van der Waals surface area (Å²) in [5.74, 6) is -0.375. The number of hydrogen-bond acceptors (Lipinski definition) is 4. The van der Waals surface area contributed by atoms with E-state index in [1.54, 1.807) is 29.3 Å². The summed E-state index contributed by atoms with van der Waals surface area (Å²) in [6.45, 7) is 3.02. The van der Waals surface area contributed by atoms with E-state index in [9.17, 15) is 9.59 Å². The highest BCUT2D eigenvalue weighted by Crippen LogP contribution is 1.95. The summed E-state index contributed by atoms with van der Waals surface area (Å²) in [5, 5.41) is 5.75. The molecule has 0 unspecified atom stereocenters. The number of carbonyl (C=O) groups excluding carboxylic acids is 2. The van der Waals surface area contributed by atoms with Gasteiger partial charge in [0, 0.05) is 32.4 Å². The average Bonchev–Trinajstić information content (AvgIpc) is 2.46. The molecule has 2 heterocycles. The molecule has 96 valence electrons. The van der Waals surface area contributed by atoms with Crippen molar-refractivity contribution in [1.29, 1.82) is 0 Å². The van der Waals surface area contributed by atoms with E-state index in [1.807, 2.05) is 0 Å². The molecule has 0 bridgehead atoms. The zero-order valence-electron chi connectivity index (χ0n) is 10.1. The number of rotatable bonds is 3. The molecule has 1 aromatic rings. The summed E-state index contributed by atoms with van der Waals surface area (Å²) in [6.07, 6.45) is 1.55. The zero-order chi connectivity index (χ0) is 12.8. The van der Waals surface area contributed by atoms with Gasteiger partial charge in [-0.2, -0.15) is 0 Å². The summed E-state index contributed by atoms with van der Waals surface area (Å²) >= 11 is 0. The van der Waals surface area contributed by atoms with Crippen LogP contribution < -0.4 is 10.6 Å². The highest BCUT2D eigenvalue weighted by molar-refractivity contribution is 5.94. The topological polar surface area (TPSA) is 74.3 Å². The molecule has 1 aliphatic heterocycles. The summed E-state index contributed by atoms with van der Waals surface area (Å²) in [5.41, 5.74) is 0.325. The molecule has 0 saturated carbocycles. The lowest BCUT2D eigenvalue weighted by molar-refractivity contribution is -0.130. The zero-order valence-corrected chi connectivity index (χ0v) is 10.1. The molecule has 0 atom stereocenters. The third-order valence-electron chi connectivity index (χ3n) is 2.77. The van der Waals surface area contributed by atoms with Crippen LogP contribution in [0.5, 0.6) is 0 Å². The normalized spacial score (nSPS) is 15.2. The van der Waals surface area contributed by atoms with Gasteiger partial charge in [0.15, 0.2) is 0 Å². The molecular formula is C12H16N4O2. The van der Waals surface area contributed by atoms with Gasteiger partial charge in [0.2, 0.25) is 5.91 Å². The average molecular weight is 248 g/mol. The van der Waals surface area contributed by atoms with Gasteiger partial charge >= 0.3 is 0 Å². The second-order valence-corrected chi connectivity index (χ2v) is 4.03. The fourth-order valence-corrected chi connectivity index (χ4v) is 1.77. The van der Waals surface area contributed by atoms with Crippen molar-refractivity contribution in [3.05, 3.63) is 30.1 Å². The number of nitrogens with one attached hydrogen (secondary N) is 2. The van der Waals surface area contributed by atoms with Gasteiger partial charge in [-0.1, -0.05) is 6.07 Å². The molecule has 2 amide bonds. The second-order valence-electron chi connectivity index (χ2n) is 4.03. The Hall–Kier alpha value is -1.95. The summed E-state index contributed by atoms with van der Waals surface area (Å²) in [6, 6.07) is 5.09. The predicted molar refractivity (Wildman–Crippen MR) is 66.0 cm³/mol. The number of nitrogens with zero attached hydrogens (tertiary/aromatic N) is 2. The highest BCUT2D eigenvalue weighted by atomic mass is 16.2. The van der Waals surface area contributed by atoms with Gasteiger partial charge < -0.3 is 15.5 Å². The minimum Gasteiger partial charge on any atom is -0.342 e. The van der Waals surface area contributed by atoms with Crippen molar-refractivity contribution in [3.8, 4) is 0 Å². The Labute approximate surface area is 105 Å². The van der Waals surface area contributed by atoms with Gasteiger partial charge in [0.1, 0.15) is 5.69 Å². The lowest BCUT2D eigenvalue weighted by atomic mass is 10.3. The molecule has 6 nitrogen and oxygen atoms in total. The van der Waals surface area contributed by atoms with Crippen LogP contribution in [0.25, 0.3) is 0 Å². The van der Waals surface area contributed by atoms with Crippen molar-refractivity contribution < 1.29 is 9.59 Å². The molecule has 0 radical (unpaired) electrons. The van der Waals surface area contributed by atoms with Crippen LogP contribution in [0.4, 0.5) is 0 Å². The first-order valence-corrected chi connectivity index (χ1v) is 5.95. The van der Waals surface area contributed by atoms with E-state index in [1.165, 1.54) is 0 Å². The maximum absolute atomic E-state index is 11.8. The Morgan fingerprint density at radius 1 is 1.33 bits per heavy atom. The van der Waals surface area contributed by atoms with Crippen LogP contribution in [0.3, 0.4) is 0 Å². The Bertz CT molecular complexity index is 415. The Morgan fingerprint density at radius 3 is 2.78 bits per heavy atom. The highest BCUT2D eigenvalue weighted by Gasteiger charge is 2.17. The summed E-state index contributed by atoms with van der Waals surface area (Å²) in [4.78, 5) is 29.1. The first kappa shape index (κ1) is 12.5. The number of piperazine rings is 1. The first-order valence-electron chi connectivity index (χ1n) is 5.95. The van der Waals surface area contributed by atoms with Crippen molar-refractivity contribution in [2.45, 2.75) is 0 Å². The van der Waals surface area contributed by atoms with E-state index < -0.39 is 0 Å². The maximum atomic E-state index is 11.8. The van der Waals surface area contributed by atoms with E-state index in [-0.39, 0.29) is 18.4 Å². The van der Waals surface area contributed by atoms with Crippen LogP contribution in [0.15, 0.2) is 24.4 Å². The molecule has 1 saturated heterocycles. The monoisotopic (exact) mass is 248 g/mol. The standard InChI is InChI=1S/C12H16N4O2/c17-11(16-7-5-13-6-8-16)9-15-12(18)10-3-1-2-4-14-10/h1-4,13H,5-9H2,(H,15,18). The molecule has 2 rings (SSSR count). The van der Waals surface area contributed by atoms with E-state index in [2.05, 4.69) is 15.6 Å². The molecule has 18 heavy (non-hydrogen) atoms. The van der Waals surface area contributed by atoms with Gasteiger partial charge in [-0.3, -0.25) is 14.6 Å². The summed E-state index contributed by atoms with van der Waals surface area (Å²) < 4.78 is 0. The summed E-state index contributed by atoms with van der Waals surface area (Å²) in [7, 11) is 0. The van der Waals surface area contributed by atoms with Crippen LogP contribution in [-0.4, -0.2) is 54.4 Å². The Morgan fingerprint density at radius 2 is 2.11 bits per heavy atom. The third-order valence-corrected chi connectivity index (χ3v) is 2.77. The molecule has 1 aromatic heterocycles. The minimum atomic E-state index is -0.320. The van der Waals surface area contributed by atoms with Gasteiger partial charge in [-0.05, 0) is 12.1 Å². The quantitative estimate of drug-likeness (QED) is 0.737. The molecule has 1 fully saturated rings. The van der Waals surface area contributed by atoms with E-state index in [4.69, 9.17) is 0 Å². The van der Waals surface area contributed by atoms with Crippen molar-refractivity contribution in [2.75, 3.05) is 32.7 Å². The van der Waals surface area contributed by atoms with Crippen LogP contribution in [0.1, 0.15) is 10.5 Å². The SMILES string of the molecule is O=C(NCC(=O)N1CCNCC1)c1ccccn1. The fraction of sp³-hybridized carbons (Fsp3) is 0.417. The Kier molecular flexibility index (Phi) is 4.25. The molecular weight excluding hydrogens is 232 g/mol. The Balaban J connectivity index is 1.80. The lowest BCUT2D eigenvalue weighted by Gasteiger charge is -2.27. The van der Waals surface area contributed by atoms with Crippen LogP contribution in [0, 0.1) is 0 Å². The number of aromatic nitrogens is 1. The van der Waals surface area contributed by atoms with Crippen LogP contribution >= 0.6 is 0 Å². The molecule has 1 aliphatic rings. The third kappa shape index (κ3) is 3.27. The smallest absolute Gasteiger partial charge is 0.270 e. The number of amides is 2. The fourth-order valence-electron chi connectivity index (χ4n) is 1.77. The van der Waals surface area contributed by atoms with Crippen molar-refractivity contribution >= 4 is 11.8 Å². The molecule has 6 heteroatoms. The van der Waals surface area contributed by atoms with Crippen LogP contribution in [0.2, 0.25) is 0 Å². The van der Waals surface area contributed by atoms with Gasteiger partial charge in [0.05, 0.1) is 6.54 Å². The van der Waals surface area contributed by atoms with Gasteiger partial charge in [0.25, 0.3) is 5.91 Å². The first-order chi connectivity index (χ1) is 8.77. The van der Waals surface area contributed by atoms with E-state index in [0.717, 1.165) is 13.1 Å². The predicted octanol–water partition coefficient (Wildman–Crippen LogP) is -0.757. The number of carbonyl (C=O) groups is 2. The van der Waals surface area contributed by atoms with Crippen molar-refractivity contribution in [2.24, 2.45) is 0 Å². The number of pyridine rings is 1. The van der Waals surface area contributed by atoms with E-state index >= 15 is 0 Å². The largest absolute Gasteiger partial charge is 0.342 e. The molecule has 2 N–H and O–H groups in total. The second kappa shape index (κ2) is 6.11. The van der Waals surface area contributed by atoms with Crippen molar-refractivity contribution in [1.82, 2.24) is 20.5 Å². The van der Waals surface area contributed by atoms with E-state index in [0.29, 0.717) is 18.8 Å². The minimum absolute atomic E-state index is 0.0232. The molecule has 0 aliphatic carbocycles. The molecule has 0 spiro atoms. The van der Waals surface area contributed by atoms with Crippen molar-refractivity contribution in [3.63, 3.8) is 0 Å². The lowest BCUT2D eigenvalue weighted by Crippen LogP contribution is -2.49. The number of hydrogen-bond donors (Lipinski definition) is 2.